The van der Waals surface area contributed by atoms with Crippen molar-refractivity contribution in [2.75, 3.05) is 61.2 Å². The third-order valence-corrected chi connectivity index (χ3v) is 15.5. The van der Waals surface area contributed by atoms with Gasteiger partial charge in [-0.1, -0.05) is 25.6 Å². The number of nitrogens with two attached hydrogens (primary N) is 3. The van der Waals surface area contributed by atoms with Crippen molar-refractivity contribution in [3.63, 3.8) is 0 Å². The topological polar surface area (TPSA) is 537 Å². The highest BCUT2D eigenvalue weighted by Crippen LogP contribution is 2.61. The van der Waals surface area contributed by atoms with Gasteiger partial charge < -0.3 is 77.7 Å². The number of phosphoric acid groups is 3. The number of anilines is 4. The van der Waals surface area contributed by atoms with Gasteiger partial charge in [0.25, 0.3) is 5.91 Å². The molecule has 8 atom stereocenters. The number of carboxylic acids is 1. The van der Waals surface area contributed by atoms with Crippen molar-refractivity contribution in [3.8, 4) is 0 Å². The van der Waals surface area contributed by atoms with Crippen LogP contribution in [0, 0.1) is 5.41 Å². The second-order valence-corrected chi connectivity index (χ2v) is 23.4. The van der Waals surface area contributed by atoms with E-state index in [1.807, 2.05) is 4.90 Å². The largest absolute Gasteiger partial charge is 0.481 e. The van der Waals surface area contributed by atoms with E-state index in [0.29, 0.717) is 11.4 Å². The molecule has 5 heterocycles. The van der Waals surface area contributed by atoms with Crippen LogP contribution in [-0.4, -0.2) is 173 Å². The van der Waals surface area contributed by atoms with E-state index in [0.717, 1.165) is 29.0 Å². The van der Waals surface area contributed by atoms with Crippen molar-refractivity contribution in [2.45, 2.75) is 76.3 Å². The molecule has 5 aromatic rings. The Morgan fingerprint density at radius 2 is 1.60 bits per heavy atom. The van der Waals surface area contributed by atoms with E-state index >= 15 is 0 Å². The lowest BCUT2D eigenvalue weighted by atomic mass is 9.87. The smallest absolute Gasteiger partial charge is 0.481 e. The lowest BCUT2D eigenvalue weighted by Gasteiger charge is -2.30. The number of aliphatic hydroxyl groups excluding tert-OH is 2. The molecule has 16 N–H and O–H groups in total. The molecule has 80 heavy (non-hydrogen) atoms. The number of phosphoric ester groups is 3. The summed E-state index contributed by atoms with van der Waals surface area (Å²) >= 11 is 0.729. The maximum atomic E-state index is 13.2. The maximum Gasteiger partial charge on any atom is 0.481 e. The first kappa shape index (κ1) is 62.7. The number of amides is 3. The highest BCUT2D eigenvalue weighted by atomic mass is 32.2. The molecule has 1 aliphatic heterocycles. The van der Waals surface area contributed by atoms with Gasteiger partial charge in [0.1, 0.15) is 36.3 Å². The number of carbonyl (C=O) groups is 5. The predicted octanol–water partition coefficient (Wildman–Crippen LogP) is -1.14. The van der Waals surface area contributed by atoms with Crippen LogP contribution in [0.5, 0.6) is 0 Å². The molecule has 0 aliphatic carbocycles. The first-order valence-corrected chi connectivity index (χ1v) is 28.9. The molecular formula is C41H56N15O20P3S. The molecule has 1 saturated heterocycles. The number of thioether (sulfide) groups is 1. The average Bonchev–Trinajstić information content (AvgIpc) is 4.03. The standard InChI is InChI=1S/C41H56N15O20P3S/c1-41(2,17-73-79(70,71)76-78(68,69)72-16-24-30(75-77(65,66)67)29(60)38(74-24)56-19-50-28-32(42)48-18-49-35(28)56)31(61)37(63)46-11-10-25(57)45-12-13-80-39(64)23(8-9-26(58)59)52-36(62)20-4-6-22(7-5-20)55(3)15-21-14-47-34-27(51-21)33(43)53-40(44)54-34/h4-7,14,18-19,23-24,29-31,38,60-61H,8-13,15-17H2,1-3H3,(H,45,57)(H,46,63)(H,52,62)(H,58,59)(H,68,69)(H,70,71)(H2,42,48,49)(H2,65,66,67)(H4,43,44,47,53,54)/t23-,24?,29?,30?,31?,38?/m0/s1. The van der Waals surface area contributed by atoms with Gasteiger partial charge in [0.15, 0.2) is 34.7 Å². The monoisotopic (exact) mass is 1200 g/mol. The Morgan fingerprint density at radius 1 is 0.900 bits per heavy atom. The Labute approximate surface area is 456 Å². The number of carbonyl (C=O) groups excluding carboxylic acids is 4. The van der Waals surface area contributed by atoms with Gasteiger partial charge in [0.2, 0.25) is 22.9 Å². The van der Waals surface area contributed by atoms with E-state index < -0.39 is 114 Å². The molecule has 0 spiro atoms. The molecule has 0 bridgehead atoms. The number of nitrogen functional groups attached to an aromatic ring is 3. The van der Waals surface area contributed by atoms with Crippen LogP contribution in [0.1, 0.15) is 55.4 Å². The summed E-state index contributed by atoms with van der Waals surface area (Å²) in [6, 6.07) is 5.13. The Morgan fingerprint density at radius 3 is 2.29 bits per heavy atom. The summed E-state index contributed by atoms with van der Waals surface area (Å²) < 4.78 is 62.6. The first-order valence-electron chi connectivity index (χ1n) is 23.4. The van der Waals surface area contributed by atoms with Crippen LogP contribution < -0.4 is 38.1 Å². The Balaban J connectivity index is 0.901. The molecular weight excluding hydrogens is 1150 g/mol. The van der Waals surface area contributed by atoms with Gasteiger partial charge in [-0.2, -0.15) is 14.3 Å². The Kier molecular flexibility index (Phi) is 20.7. The molecule has 0 saturated carbocycles. The van der Waals surface area contributed by atoms with Crippen LogP contribution in [-0.2, 0) is 62.0 Å². The van der Waals surface area contributed by atoms with E-state index in [-0.39, 0.29) is 83.7 Å². The van der Waals surface area contributed by atoms with Gasteiger partial charge >= 0.3 is 29.4 Å². The minimum Gasteiger partial charge on any atom is -0.481 e. The van der Waals surface area contributed by atoms with Gasteiger partial charge in [-0.25, -0.2) is 38.6 Å². The fourth-order valence-corrected chi connectivity index (χ4v) is 11.0. The molecule has 3 amide bonds. The predicted molar refractivity (Wildman–Crippen MR) is 278 cm³/mol. The molecule has 4 aromatic heterocycles. The number of imidazole rings is 1. The molecule has 436 valence electrons. The van der Waals surface area contributed by atoms with Crippen LogP contribution in [0.4, 0.5) is 23.3 Å². The number of rotatable bonds is 28. The number of hydrogen-bond donors (Lipinski definition) is 13. The first-order chi connectivity index (χ1) is 37.4. The highest BCUT2D eigenvalue weighted by Gasteiger charge is 2.50. The lowest BCUT2D eigenvalue weighted by Crippen LogP contribution is -2.46. The number of ether oxygens (including phenoxy) is 1. The zero-order valence-corrected chi connectivity index (χ0v) is 45.8. The van der Waals surface area contributed by atoms with Crippen LogP contribution in [0.3, 0.4) is 0 Å². The second-order valence-electron chi connectivity index (χ2n) is 18.1. The van der Waals surface area contributed by atoms with E-state index in [1.165, 1.54) is 32.2 Å². The van der Waals surface area contributed by atoms with Gasteiger partial charge in [-0.05, 0) is 30.7 Å². The molecule has 35 nitrogen and oxygen atoms in total. The van der Waals surface area contributed by atoms with Crippen molar-refractivity contribution in [1.29, 1.82) is 0 Å². The summed E-state index contributed by atoms with van der Waals surface area (Å²) in [5, 5.41) is 37.8. The average molecular weight is 1200 g/mol. The fraction of sp³-hybridized carbons (Fsp3) is 0.463. The summed E-state index contributed by atoms with van der Waals surface area (Å²) in [6.07, 6.45) is -6.53. The SMILES string of the molecule is CN(Cc1cnc2nc(N)nc(N)c2n1)c1ccc(C(=O)N[C@@H](CCC(=O)O)C(=O)SCCNC(=O)CCNC(=O)C(O)C(C)(C)COP(=O)(O)OP(=O)(O)OCC2OC(n3cnc4c(N)ncnc43)C(O)C2OP(=O)(O)O)cc1. The summed E-state index contributed by atoms with van der Waals surface area (Å²) in [7, 11) is -14.8. The molecule has 7 unspecified atom stereocenters. The number of aromatic nitrogens is 8. The van der Waals surface area contributed by atoms with Gasteiger partial charge in [-0.15, -0.1) is 0 Å². The van der Waals surface area contributed by atoms with Crippen LogP contribution in [0.15, 0.2) is 43.1 Å². The molecule has 6 rings (SSSR count). The van der Waals surface area contributed by atoms with Crippen LogP contribution in [0.25, 0.3) is 22.3 Å². The Bertz CT molecular complexity index is 3230. The van der Waals surface area contributed by atoms with Crippen LogP contribution in [0.2, 0.25) is 0 Å². The number of carboxylic acid groups (broad SMARTS) is 1. The van der Waals surface area contributed by atoms with E-state index in [9.17, 15) is 72.6 Å². The number of hydrogen-bond acceptors (Lipinski definition) is 27. The van der Waals surface area contributed by atoms with E-state index in [2.05, 4.69) is 59.7 Å². The number of nitrogens with zero attached hydrogens (tertiary/aromatic N) is 9. The van der Waals surface area contributed by atoms with Crippen LogP contribution >= 0.6 is 35.2 Å². The molecule has 0 radical (unpaired) electrons. The molecule has 1 aliphatic rings. The highest BCUT2D eigenvalue weighted by molar-refractivity contribution is 8.13. The number of fused-ring (bicyclic) bond motifs is 2. The summed E-state index contributed by atoms with van der Waals surface area (Å²) in [4.78, 5) is 133. The van der Waals surface area contributed by atoms with Crippen molar-refractivity contribution >= 4 is 110 Å². The number of aliphatic hydroxyl groups is 2. The normalized spacial score (nSPS) is 18.9. The molecule has 1 aromatic carbocycles. The minimum absolute atomic E-state index is 0.00196. The van der Waals surface area contributed by atoms with Gasteiger partial charge in [0.05, 0.1) is 44.0 Å². The lowest BCUT2D eigenvalue weighted by molar-refractivity contribution is -0.138. The maximum absolute atomic E-state index is 13.2. The summed E-state index contributed by atoms with van der Waals surface area (Å²) in [6.45, 7) is 0.155. The van der Waals surface area contributed by atoms with E-state index in [1.54, 1.807) is 19.2 Å². The number of benzene rings is 1. The third kappa shape index (κ3) is 17.3. The zero-order chi connectivity index (χ0) is 58.9. The van der Waals surface area contributed by atoms with Gasteiger partial charge in [0, 0.05) is 55.4 Å². The zero-order valence-electron chi connectivity index (χ0n) is 42.3. The molecule has 39 heteroatoms. The van der Waals surface area contributed by atoms with E-state index in [4.69, 9.17) is 31.0 Å². The fourth-order valence-electron chi connectivity index (χ4n) is 7.40. The van der Waals surface area contributed by atoms with Crippen molar-refractivity contribution in [2.24, 2.45) is 5.41 Å². The van der Waals surface area contributed by atoms with Crippen molar-refractivity contribution < 1.29 is 95.2 Å². The third-order valence-electron chi connectivity index (χ3n) is 11.5. The van der Waals surface area contributed by atoms with Gasteiger partial charge in [-0.3, -0.25) is 42.1 Å². The van der Waals surface area contributed by atoms with Crippen molar-refractivity contribution in [3.05, 3.63) is 54.4 Å². The Hall–Kier alpha value is -6.46. The number of nitrogens with one attached hydrogen (secondary N) is 3. The summed E-state index contributed by atoms with van der Waals surface area (Å²) in [5.74, 6) is -3.55. The molecule has 1 fully saturated rings. The number of aliphatic carboxylic acids is 1. The summed E-state index contributed by atoms with van der Waals surface area (Å²) in [5.41, 5.74) is 17.6. The quantitative estimate of drug-likeness (QED) is 0.0208. The second kappa shape index (κ2) is 26.4. The van der Waals surface area contributed by atoms with Crippen molar-refractivity contribution in [1.82, 2.24) is 55.4 Å². The minimum atomic E-state index is -5.65.